The molecular formula is C83H129N11O33. The predicted octanol–water partition coefficient (Wildman–Crippen LogP) is -6.43. The highest BCUT2D eigenvalue weighted by molar-refractivity contribution is 6.02. The first-order chi connectivity index (χ1) is 60.1. The normalized spacial score (nSPS) is 30.2. The lowest BCUT2D eigenvalue weighted by molar-refractivity contribution is -0.339. The Labute approximate surface area is 734 Å². The number of carbonyl (C=O) groups is 12. The van der Waals surface area contributed by atoms with Gasteiger partial charge in [-0.3, -0.25) is 52.7 Å². The van der Waals surface area contributed by atoms with Gasteiger partial charge in [-0.05, 0) is 82.9 Å². The first-order valence-corrected chi connectivity index (χ1v) is 42.7. The highest BCUT2D eigenvalue weighted by Gasteiger charge is 2.52. The largest absolute Gasteiger partial charge is 0.508 e. The third-order valence-corrected chi connectivity index (χ3v) is 22.2. The number of hydrogen-bond donors (Lipinski definition) is 24. The lowest BCUT2D eigenvalue weighted by Crippen LogP contribution is -2.67. The van der Waals surface area contributed by atoms with E-state index in [0.29, 0.717) is 17.7 Å². The van der Waals surface area contributed by atoms with Crippen molar-refractivity contribution in [3.8, 4) is 11.5 Å². The molecule has 0 spiro atoms. The first-order valence-electron chi connectivity index (χ1n) is 42.7. The van der Waals surface area contributed by atoms with Crippen molar-refractivity contribution in [1.29, 1.82) is 0 Å². The molecule has 0 bridgehead atoms. The molecule has 0 aliphatic carbocycles. The van der Waals surface area contributed by atoms with Crippen LogP contribution in [-0.2, 0) is 104 Å². The summed E-state index contributed by atoms with van der Waals surface area (Å²) < 4.78 is 41.1. The van der Waals surface area contributed by atoms with Crippen LogP contribution < -0.4 is 53.6 Å². The van der Waals surface area contributed by atoms with Crippen LogP contribution in [0, 0.1) is 0 Å². The van der Waals surface area contributed by atoms with E-state index in [9.17, 15) is 110 Å². The van der Waals surface area contributed by atoms with Crippen LogP contribution in [0.3, 0.4) is 0 Å². The summed E-state index contributed by atoms with van der Waals surface area (Å²) in [6, 6.07) is -6.19. The van der Waals surface area contributed by atoms with E-state index in [-0.39, 0.29) is 35.5 Å². The van der Waals surface area contributed by atoms with Crippen molar-refractivity contribution in [2.75, 3.05) is 33.4 Å². The maximum Gasteiger partial charge on any atom is 0.329 e. The fourth-order valence-corrected chi connectivity index (χ4v) is 14.7. The Kier molecular flexibility index (Phi) is 43.9. The number of nitrogens with two attached hydrogens (primary N) is 1. The summed E-state index contributed by atoms with van der Waals surface area (Å²) in [4.78, 5) is 174. The molecule has 714 valence electrons. The second-order valence-electron chi connectivity index (χ2n) is 32.3. The van der Waals surface area contributed by atoms with E-state index in [2.05, 4.69) is 54.8 Å². The Balaban J connectivity index is 1.43. The van der Waals surface area contributed by atoms with Crippen LogP contribution in [-0.4, -0.2) is 346 Å². The van der Waals surface area contributed by atoms with Gasteiger partial charge in [0.05, 0.1) is 50.8 Å². The molecule has 0 saturated carbocycles. The minimum Gasteiger partial charge on any atom is -0.508 e. The quantitative estimate of drug-likeness (QED) is 0.0169. The van der Waals surface area contributed by atoms with E-state index < -0.39 is 294 Å². The van der Waals surface area contributed by atoms with Crippen molar-refractivity contribution in [2.45, 2.75) is 329 Å². The van der Waals surface area contributed by atoms with E-state index in [1.807, 2.05) is 0 Å². The first kappa shape index (κ1) is 106. The summed E-state index contributed by atoms with van der Waals surface area (Å²) in [5, 5.41) is 174. The number of primary amides is 1. The molecule has 127 heavy (non-hydrogen) atoms. The van der Waals surface area contributed by atoms with Crippen molar-refractivity contribution in [3.05, 3.63) is 71.4 Å². The minimum atomic E-state index is -2.41. The number of nitrogens with zero attached hydrogens (tertiary/aromatic N) is 1. The minimum absolute atomic E-state index is 0.134. The van der Waals surface area contributed by atoms with Crippen LogP contribution in [0.25, 0.3) is 0 Å². The number of hydrogen-bond acceptors (Lipinski definition) is 33. The fraction of sp³-hybridized carbons (Fsp3) is 0.687. The zero-order chi connectivity index (χ0) is 94.2. The van der Waals surface area contributed by atoms with Crippen molar-refractivity contribution in [2.24, 2.45) is 5.73 Å². The third kappa shape index (κ3) is 32.1. The molecule has 27 atom stereocenters. The van der Waals surface area contributed by atoms with Crippen LogP contribution in [0.4, 0.5) is 0 Å². The maximum absolute atomic E-state index is 15.4. The van der Waals surface area contributed by atoms with Crippen molar-refractivity contribution in [1.82, 2.24) is 52.8 Å². The zero-order valence-electron chi connectivity index (χ0n) is 72.4. The van der Waals surface area contributed by atoms with Crippen molar-refractivity contribution in [3.63, 3.8) is 0 Å². The number of benzene rings is 2. The molecule has 0 aromatic heterocycles. The number of carbonyl (C=O) groups excluding carboxylic acids is 12. The summed E-state index contributed by atoms with van der Waals surface area (Å²) in [7, 11) is 0.994. The maximum atomic E-state index is 15.4. The molecule has 2 aromatic rings. The number of phenolic OH excluding ortho intramolecular Hbond substituents is 2. The topological polar surface area (TPSA) is 690 Å². The van der Waals surface area contributed by atoms with E-state index in [1.165, 1.54) is 68.3 Å². The molecule has 0 radical (unpaired) electrons. The van der Waals surface area contributed by atoms with Gasteiger partial charge in [0.1, 0.15) is 133 Å². The number of ether oxygens (including phenoxy) is 7. The SMILES string of the molecule is CC=C1NC(=O)C(Cc2ccc(O)cc2)NC(=O)C(C(C)O)NC(=O)C(NC(=O)C(NC(=O)C(O)C(CCCCCCCCCCCCCCC)OC2OCC(O)C(OC3OC(CO)C(O)C(O)C3NC(C)=O)C2O)C(C)O)C(C)OC(=O)C(Cc2ccc(O)cc2)NC(=O)C(C(C)OC2OC(CO)C(O)C(O)C2O)N(C)C(=O)CNC(=O)C(CCC(N)=O)NC1=O. The molecular weight excluding hydrogens is 1680 g/mol. The summed E-state index contributed by atoms with van der Waals surface area (Å²) in [5.41, 5.74) is 5.20. The summed E-state index contributed by atoms with van der Waals surface area (Å²) >= 11 is 0. The predicted molar refractivity (Wildman–Crippen MR) is 442 cm³/mol. The Bertz CT molecular complexity index is 3930. The molecule has 4 heterocycles. The Morgan fingerprint density at radius 2 is 1.17 bits per heavy atom. The lowest BCUT2D eigenvalue weighted by atomic mass is 9.96. The van der Waals surface area contributed by atoms with Crippen LogP contribution in [0.5, 0.6) is 11.5 Å². The highest BCUT2D eigenvalue weighted by atomic mass is 16.7. The number of unbranched alkanes of at least 4 members (excludes halogenated alkanes) is 12. The summed E-state index contributed by atoms with van der Waals surface area (Å²) in [6.45, 7) is 4.96. The van der Waals surface area contributed by atoms with Crippen molar-refractivity contribution >= 4 is 70.9 Å². The molecule has 4 fully saturated rings. The number of esters is 1. The molecule has 4 aliphatic heterocycles. The van der Waals surface area contributed by atoms with Gasteiger partial charge in [-0.25, -0.2) is 4.79 Å². The van der Waals surface area contributed by atoms with Crippen LogP contribution in [0.15, 0.2) is 60.3 Å². The molecule has 6 rings (SSSR count). The molecule has 44 heteroatoms. The van der Waals surface area contributed by atoms with E-state index in [0.717, 1.165) is 99.1 Å². The second-order valence-corrected chi connectivity index (χ2v) is 32.3. The molecule has 44 nitrogen and oxygen atoms in total. The number of likely N-dealkylation sites (N-methyl/N-ethyl adjacent to an activating group) is 1. The van der Waals surface area contributed by atoms with Gasteiger partial charge in [-0.1, -0.05) is 121 Å². The zero-order valence-corrected chi connectivity index (χ0v) is 72.4. The van der Waals surface area contributed by atoms with Crippen LogP contribution in [0.2, 0.25) is 0 Å². The van der Waals surface area contributed by atoms with E-state index in [1.54, 1.807) is 0 Å². The summed E-state index contributed by atoms with van der Waals surface area (Å²) in [6.07, 6.45) is -25.8. The van der Waals surface area contributed by atoms with Gasteiger partial charge in [0.25, 0.3) is 11.8 Å². The second kappa shape index (κ2) is 52.4. The lowest BCUT2D eigenvalue weighted by Gasteiger charge is -2.46. The molecule has 25 N–H and O–H groups in total. The number of aromatic hydroxyl groups is 2. The number of allylic oxidation sites excluding steroid dienone is 1. The number of amides is 11. The third-order valence-electron chi connectivity index (χ3n) is 22.2. The molecule has 4 aliphatic rings. The number of aliphatic hydroxyl groups excluding tert-OH is 12. The average molecular weight is 1810 g/mol. The van der Waals surface area contributed by atoms with Gasteiger partial charge in [-0.15, -0.1) is 0 Å². The highest BCUT2D eigenvalue weighted by Crippen LogP contribution is 2.31. The Morgan fingerprint density at radius 3 is 1.70 bits per heavy atom. The number of cyclic esters (lactones) is 1. The van der Waals surface area contributed by atoms with Crippen molar-refractivity contribution < 1.29 is 162 Å². The smallest absolute Gasteiger partial charge is 0.329 e. The van der Waals surface area contributed by atoms with Crippen LogP contribution >= 0.6 is 0 Å². The number of phenols is 2. The Hall–Kier alpha value is -9.30. The monoisotopic (exact) mass is 1810 g/mol. The van der Waals surface area contributed by atoms with Gasteiger partial charge >= 0.3 is 5.97 Å². The average Bonchev–Trinajstić information content (AvgIpc) is 0.802. The van der Waals surface area contributed by atoms with E-state index in [4.69, 9.17) is 38.9 Å². The standard InChI is InChI=1S/C83H129N11O33/c1-9-11-12-13-14-15-16-17-18-19-20-21-22-23-54(124-82-70(111)71(53(102)39-121-82)127-81-62(86-44(7)99)67(108)64(105)55(37-95)125-81)66(107)79(119)92-60(41(4)98)76(116)93-61-42(5)122-80(120)52(35-46-26-30-48(101)31-27-46)90-78(118)63(43(6)123-83-69(110)68(109)65(106)56(38-96)126-83)94(8)58(104)36-85-72(112)50(32-33-57(84)103)88-73(113)49(10-2)87-74(114)51(34-45-24-28-47(100)29-25-45)89-75(115)59(40(3)97)91-77(61)117/h10,24-31,40-43,50-56,59-71,81-83,95-98,100-102,105-111H,9,11-23,32-39H2,1-8H3,(H2,84,103)(H,85,112)(H,86,99)(H,87,114)(H,88,113)(H,89,115)(H,90,118)(H,91,117)(H,92,119)(H,93,116). The number of aliphatic hydroxyl groups is 12. The Morgan fingerprint density at radius 1 is 0.622 bits per heavy atom. The van der Waals surface area contributed by atoms with Gasteiger partial charge in [0, 0.05) is 33.2 Å². The number of rotatable bonds is 38. The summed E-state index contributed by atoms with van der Waals surface area (Å²) in [5.74, 6) is -15.9. The van der Waals surface area contributed by atoms with Gasteiger partial charge < -0.3 is 163 Å². The van der Waals surface area contributed by atoms with Gasteiger partial charge in [0.2, 0.25) is 53.2 Å². The number of nitrogens with one attached hydrogen (secondary N) is 9. The fourth-order valence-electron chi connectivity index (χ4n) is 14.7. The van der Waals surface area contributed by atoms with Crippen LogP contribution in [0.1, 0.15) is 162 Å². The molecule has 4 saturated heterocycles. The molecule has 11 amide bonds. The van der Waals surface area contributed by atoms with Gasteiger partial charge in [-0.2, -0.15) is 0 Å². The van der Waals surface area contributed by atoms with Gasteiger partial charge in [0.15, 0.2) is 25.0 Å². The van der Waals surface area contributed by atoms with E-state index >= 15 is 19.2 Å². The molecule has 27 unspecified atom stereocenters. The molecule has 2 aromatic carbocycles.